The van der Waals surface area contributed by atoms with Crippen LogP contribution in [0, 0.1) is 0 Å². The van der Waals surface area contributed by atoms with Crippen LogP contribution in [0.25, 0.3) is 0 Å². The molecule has 0 aromatic heterocycles. The first-order valence-electron chi connectivity index (χ1n) is 3.29. The third-order valence-corrected chi connectivity index (χ3v) is 1.72. The predicted molar refractivity (Wildman–Crippen MR) is 33.8 cm³/mol. The predicted octanol–water partition coefficient (Wildman–Crippen LogP) is -0.169. The lowest BCUT2D eigenvalue weighted by Crippen LogP contribution is -2.42. The molecule has 9 heavy (non-hydrogen) atoms. The van der Waals surface area contributed by atoms with Gasteiger partial charge in [-0.2, -0.15) is 0 Å². The van der Waals surface area contributed by atoms with Gasteiger partial charge in [-0.1, -0.05) is 0 Å². The van der Waals surface area contributed by atoms with Crippen molar-refractivity contribution in [3.8, 4) is 0 Å². The normalized spacial score (nSPS) is 45.0. The fraction of sp³-hybridized carbons (Fsp3) is 1.00. The Labute approximate surface area is 54.8 Å². The van der Waals surface area contributed by atoms with Gasteiger partial charge < -0.3 is 15.6 Å². The van der Waals surface area contributed by atoms with Crippen LogP contribution in [0.3, 0.4) is 0 Å². The summed E-state index contributed by atoms with van der Waals surface area (Å²) in [6.45, 7) is 1.88. The fourth-order valence-electron chi connectivity index (χ4n) is 0.986. The lowest BCUT2D eigenvalue weighted by atomic mass is 10.0. The fourth-order valence-corrected chi connectivity index (χ4v) is 0.986. The van der Waals surface area contributed by atoms with E-state index in [2.05, 4.69) is 0 Å². The monoisotopic (exact) mass is 131 g/mol. The van der Waals surface area contributed by atoms with Crippen molar-refractivity contribution in [2.45, 2.75) is 38.2 Å². The van der Waals surface area contributed by atoms with Crippen LogP contribution in [0.2, 0.25) is 0 Å². The molecule has 0 radical (unpaired) electrons. The Morgan fingerprint density at radius 1 is 1.56 bits per heavy atom. The highest BCUT2D eigenvalue weighted by molar-refractivity contribution is 4.74. The minimum Gasteiger partial charge on any atom is -0.368 e. The highest BCUT2D eigenvalue weighted by Crippen LogP contribution is 2.15. The number of aliphatic hydroxyl groups excluding tert-OH is 1. The standard InChI is InChI=1S/C6H13NO2/c1-4-5(7)2-3-6(8)9-4/h4-6,8H,2-3,7H2,1H3/t4-,5+,6?/m1/s1. The summed E-state index contributed by atoms with van der Waals surface area (Å²) >= 11 is 0. The van der Waals surface area contributed by atoms with E-state index in [0.717, 1.165) is 6.42 Å². The zero-order valence-corrected chi connectivity index (χ0v) is 5.58. The Bertz CT molecular complexity index is 97.1. The van der Waals surface area contributed by atoms with Gasteiger partial charge in [0.25, 0.3) is 0 Å². The van der Waals surface area contributed by atoms with Gasteiger partial charge >= 0.3 is 0 Å². The van der Waals surface area contributed by atoms with E-state index in [0.29, 0.717) is 6.42 Å². The van der Waals surface area contributed by atoms with Gasteiger partial charge in [0, 0.05) is 6.04 Å². The van der Waals surface area contributed by atoms with Crippen LogP contribution in [0.1, 0.15) is 19.8 Å². The summed E-state index contributed by atoms with van der Waals surface area (Å²) in [6.07, 6.45) is 0.960. The van der Waals surface area contributed by atoms with Crippen molar-refractivity contribution in [3.63, 3.8) is 0 Å². The van der Waals surface area contributed by atoms with E-state index in [4.69, 9.17) is 15.6 Å². The van der Waals surface area contributed by atoms with Gasteiger partial charge in [-0.3, -0.25) is 0 Å². The largest absolute Gasteiger partial charge is 0.368 e. The molecule has 3 atom stereocenters. The van der Waals surface area contributed by atoms with Crippen molar-refractivity contribution in [1.82, 2.24) is 0 Å². The third kappa shape index (κ3) is 1.64. The Balaban J connectivity index is 2.35. The van der Waals surface area contributed by atoms with Gasteiger partial charge in [0.15, 0.2) is 6.29 Å². The van der Waals surface area contributed by atoms with Gasteiger partial charge in [-0.05, 0) is 19.8 Å². The summed E-state index contributed by atoms with van der Waals surface area (Å²) in [4.78, 5) is 0. The molecular weight excluding hydrogens is 118 g/mol. The molecule has 3 nitrogen and oxygen atoms in total. The topological polar surface area (TPSA) is 55.5 Å². The molecule has 1 saturated heterocycles. The molecule has 1 aliphatic rings. The number of nitrogens with two attached hydrogens (primary N) is 1. The third-order valence-electron chi connectivity index (χ3n) is 1.72. The van der Waals surface area contributed by atoms with Crippen molar-refractivity contribution in [1.29, 1.82) is 0 Å². The highest BCUT2D eigenvalue weighted by atomic mass is 16.6. The van der Waals surface area contributed by atoms with Crippen molar-refractivity contribution < 1.29 is 9.84 Å². The van der Waals surface area contributed by atoms with E-state index in [-0.39, 0.29) is 12.1 Å². The molecule has 1 heterocycles. The molecule has 1 fully saturated rings. The minimum absolute atomic E-state index is 0.00810. The Morgan fingerprint density at radius 2 is 2.22 bits per heavy atom. The molecule has 1 unspecified atom stereocenters. The first kappa shape index (κ1) is 6.99. The van der Waals surface area contributed by atoms with Gasteiger partial charge in [-0.15, -0.1) is 0 Å². The average Bonchev–Trinajstić information content (AvgIpc) is 1.80. The van der Waals surface area contributed by atoms with Crippen molar-refractivity contribution in [3.05, 3.63) is 0 Å². The van der Waals surface area contributed by atoms with Crippen LogP contribution in [0.15, 0.2) is 0 Å². The molecule has 0 aromatic rings. The molecular formula is C6H13NO2. The van der Waals surface area contributed by atoms with Crippen LogP contribution in [-0.2, 0) is 4.74 Å². The van der Waals surface area contributed by atoms with Crippen LogP contribution in [0.5, 0.6) is 0 Å². The molecule has 54 valence electrons. The van der Waals surface area contributed by atoms with E-state index in [1.165, 1.54) is 0 Å². The molecule has 1 rings (SSSR count). The maximum absolute atomic E-state index is 8.92. The van der Waals surface area contributed by atoms with Crippen LogP contribution >= 0.6 is 0 Å². The molecule has 0 amide bonds. The Morgan fingerprint density at radius 3 is 2.67 bits per heavy atom. The molecule has 3 heteroatoms. The highest BCUT2D eigenvalue weighted by Gasteiger charge is 2.23. The quantitative estimate of drug-likeness (QED) is 0.480. The van der Waals surface area contributed by atoms with E-state index < -0.39 is 6.29 Å². The van der Waals surface area contributed by atoms with Gasteiger partial charge in [-0.25, -0.2) is 0 Å². The maximum Gasteiger partial charge on any atom is 0.155 e. The van der Waals surface area contributed by atoms with Crippen molar-refractivity contribution in [2.75, 3.05) is 0 Å². The van der Waals surface area contributed by atoms with E-state index >= 15 is 0 Å². The molecule has 0 saturated carbocycles. The molecule has 3 N–H and O–H groups in total. The average molecular weight is 131 g/mol. The second-order valence-corrected chi connectivity index (χ2v) is 2.54. The Hall–Kier alpha value is -0.120. The van der Waals surface area contributed by atoms with Crippen LogP contribution in [-0.4, -0.2) is 23.5 Å². The smallest absolute Gasteiger partial charge is 0.155 e. The number of hydrogen-bond acceptors (Lipinski definition) is 3. The summed E-state index contributed by atoms with van der Waals surface area (Å²) in [6, 6.07) is 0.105. The summed E-state index contributed by atoms with van der Waals surface area (Å²) < 4.78 is 5.03. The lowest BCUT2D eigenvalue weighted by molar-refractivity contribution is -0.162. The summed E-state index contributed by atoms with van der Waals surface area (Å²) in [5, 5.41) is 8.92. The number of ether oxygens (including phenoxy) is 1. The summed E-state index contributed by atoms with van der Waals surface area (Å²) in [5.74, 6) is 0. The van der Waals surface area contributed by atoms with Gasteiger partial charge in [0.05, 0.1) is 6.10 Å². The second kappa shape index (κ2) is 2.64. The van der Waals surface area contributed by atoms with Crippen molar-refractivity contribution in [2.24, 2.45) is 5.73 Å². The van der Waals surface area contributed by atoms with E-state index in [1.54, 1.807) is 0 Å². The van der Waals surface area contributed by atoms with Crippen LogP contribution < -0.4 is 5.73 Å². The van der Waals surface area contributed by atoms with Crippen molar-refractivity contribution >= 4 is 0 Å². The number of aliphatic hydroxyl groups is 1. The molecule has 0 bridgehead atoms. The van der Waals surface area contributed by atoms with E-state index in [1.807, 2.05) is 6.92 Å². The summed E-state index contributed by atoms with van der Waals surface area (Å²) in [7, 11) is 0. The first-order valence-corrected chi connectivity index (χ1v) is 3.29. The number of rotatable bonds is 0. The number of hydrogen-bond donors (Lipinski definition) is 2. The first-order chi connectivity index (χ1) is 4.20. The zero-order chi connectivity index (χ0) is 6.85. The van der Waals surface area contributed by atoms with E-state index in [9.17, 15) is 0 Å². The molecule has 0 aromatic carbocycles. The zero-order valence-electron chi connectivity index (χ0n) is 5.58. The molecule has 1 aliphatic heterocycles. The maximum atomic E-state index is 8.92. The van der Waals surface area contributed by atoms with Gasteiger partial charge in [0.2, 0.25) is 0 Å². The Kier molecular flexibility index (Phi) is 2.05. The minimum atomic E-state index is -0.584. The SMILES string of the molecule is C[C@H]1OC(O)CC[C@@H]1N. The van der Waals surface area contributed by atoms with Crippen LogP contribution in [0.4, 0.5) is 0 Å². The second-order valence-electron chi connectivity index (χ2n) is 2.54. The molecule has 0 aliphatic carbocycles. The summed E-state index contributed by atoms with van der Waals surface area (Å²) in [5.41, 5.74) is 5.60. The van der Waals surface area contributed by atoms with Gasteiger partial charge in [0.1, 0.15) is 0 Å². The molecule has 0 spiro atoms. The lowest BCUT2D eigenvalue weighted by Gasteiger charge is -2.29.